The highest BCUT2D eigenvalue weighted by Gasteiger charge is 1.93. The van der Waals surface area contributed by atoms with Crippen LogP contribution in [0.2, 0.25) is 0 Å². The second-order valence-electron chi connectivity index (χ2n) is 2.49. The Balaban J connectivity index is 2.62. The quantitative estimate of drug-likeness (QED) is 0.554. The summed E-state index contributed by atoms with van der Waals surface area (Å²) in [6, 6.07) is 8.35. The second kappa shape index (κ2) is 4.54. The van der Waals surface area contributed by atoms with Crippen LogP contribution in [-0.2, 0) is 6.54 Å². The molecule has 0 aliphatic rings. The summed E-state index contributed by atoms with van der Waals surface area (Å²) in [6.07, 6.45) is 0. The Hall–Kier alpha value is -0.313. The lowest BCUT2D eigenvalue weighted by Crippen LogP contribution is -2.14. The van der Waals surface area contributed by atoms with Gasteiger partial charge in [-0.15, -0.1) is 0 Å². The van der Waals surface area contributed by atoms with Gasteiger partial charge in [0.15, 0.2) is 8.99 Å². The van der Waals surface area contributed by atoms with Crippen LogP contribution in [0.4, 0.5) is 0 Å². The highest BCUT2D eigenvalue weighted by atomic mass is 35.6. The van der Waals surface area contributed by atoms with E-state index < -0.39 is 8.99 Å². The molecule has 0 spiro atoms. The Morgan fingerprint density at radius 2 is 2.18 bits per heavy atom. The zero-order valence-electron chi connectivity index (χ0n) is 6.60. The van der Waals surface area contributed by atoms with Gasteiger partial charge >= 0.3 is 0 Å². The van der Waals surface area contributed by atoms with E-state index in [1.54, 1.807) is 0 Å². The molecule has 0 heterocycles. The first-order valence-corrected chi connectivity index (χ1v) is 6.50. The van der Waals surface area contributed by atoms with E-state index in [0.717, 1.165) is 6.54 Å². The van der Waals surface area contributed by atoms with E-state index in [4.69, 9.17) is 11.1 Å². The summed E-state index contributed by atoms with van der Waals surface area (Å²) in [5.74, 6) is 0. The number of rotatable bonds is 3. The molecule has 0 atom stereocenters. The van der Waals surface area contributed by atoms with Crippen LogP contribution in [-0.4, -0.2) is 8.99 Å². The maximum absolute atomic E-state index is 5.63. The van der Waals surface area contributed by atoms with Crippen molar-refractivity contribution in [2.45, 2.75) is 13.5 Å². The van der Waals surface area contributed by atoms with E-state index in [2.05, 4.69) is 36.2 Å². The van der Waals surface area contributed by atoms with Crippen LogP contribution >= 0.6 is 11.1 Å². The molecule has 0 saturated carbocycles. The molecular weight excluding hydrogens is 174 g/mol. The van der Waals surface area contributed by atoms with E-state index in [1.807, 2.05) is 0 Å². The Labute approximate surface area is 74.4 Å². The molecule has 0 radical (unpaired) electrons. The third-order valence-electron chi connectivity index (χ3n) is 1.67. The SMILES string of the molecule is Cc1ccccc1CN[SiH2]Cl. The largest absolute Gasteiger partial charge is 0.326 e. The van der Waals surface area contributed by atoms with Crippen molar-refractivity contribution in [3.8, 4) is 0 Å². The summed E-state index contributed by atoms with van der Waals surface area (Å²) in [5, 5.41) is 0. The van der Waals surface area contributed by atoms with Crippen molar-refractivity contribution in [2.24, 2.45) is 0 Å². The third-order valence-corrected chi connectivity index (χ3v) is 2.68. The normalized spacial score (nSPS) is 11.1. The fourth-order valence-corrected chi connectivity index (χ4v) is 1.64. The molecule has 0 aromatic heterocycles. The molecule has 0 aliphatic heterocycles. The van der Waals surface area contributed by atoms with Crippen molar-refractivity contribution in [2.75, 3.05) is 0 Å². The number of hydrogen-bond acceptors (Lipinski definition) is 1. The monoisotopic (exact) mass is 185 g/mol. The molecule has 1 rings (SSSR count). The molecule has 1 N–H and O–H groups in total. The summed E-state index contributed by atoms with van der Waals surface area (Å²) in [6.45, 7) is 3.04. The minimum Gasteiger partial charge on any atom is -0.326 e. The van der Waals surface area contributed by atoms with Crippen molar-refractivity contribution in [3.05, 3.63) is 35.4 Å². The first-order valence-electron chi connectivity index (χ1n) is 3.66. The molecule has 1 aromatic carbocycles. The van der Waals surface area contributed by atoms with Gasteiger partial charge in [0.25, 0.3) is 0 Å². The standard InChI is InChI=1S/C8H12ClNSi/c1-7-4-2-3-5-8(7)6-10-11-9/h2-5,10H,6,11H2,1H3. The number of benzene rings is 1. The maximum Gasteiger partial charge on any atom is 0.195 e. The molecule has 0 bridgehead atoms. The molecule has 0 aliphatic carbocycles. The molecule has 1 nitrogen and oxygen atoms in total. The van der Waals surface area contributed by atoms with Crippen molar-refractivity contribution in [1.29, 1.82) is 0 Å². The van der Waals surface area contributed by atoms with Crippen LogP contribution < -0.4 is 4.98 Å². The average Bonchev–Trinajstić information content (AvgIpc) is 2.03. The van der Waals surface area contributed by atoms with E-state index in [9.17, 15) is 0 Å². The zero-order chi connectivity index (χ0) is 8.10. The molecule has 0 amide bonds. The Morgan fingerprint density at radius 1 is 1.45 bits per heavy atom. The topological polar surface area (TPSA) is 12.0 Å². The number of hydrogen-bond donors (Lipinski definition) is 1. The summed E-state index contributed by atoms with van der Waals surface area (Å²) in [7, 11) is -0.524. The minimum atomic E-state index is -0.524. The van der Waals surface area contributed by atoms with E-state index in [-0.39, 0.29) is 0 Å². The lowest BCUT2D eigenvalue weighted by atomic mass is 10.1. The van der Waals surface area contributed by atoms with Gasteiger partial charge in [-0.2, -0.15) is 11.1 Å². The van der Waals surface area contributed by atoms with Gasteiger partial charge in [0.2, 0.25) is 0 Å². The second-order valence-corrected chi connectivity index (χ2v) is 4.06. The lowest BCUT2D eigenvalue weighted by Gasteiger charge is -2.03. The Kier molecular flexibility index (Phi) is 3.63. The van der Waals surface area contributed by atoms with Crippen LogP contribution in [0.1, 0.15) is 11.1 Å². The van der Waals surface area contributed by atoms with E-state index in [1.165, 1.54) is 11.1 Å². The average molecular weight is 186 g/mol. The highest BCUT2D eigenvalue weighted by molar-refractivity contribution is 6.92. The maximum atomic E-state index is 5.63. The van der Waals surface area contributed by atoms with Crippen molar-refractivity contribution in [3.63, 3.8) is 0 Å². The van der Waals surface area contributed by atoms with E-state index in [0.29, 0.717) is 0 Å². The molecule has 60 valence electrons. The predicted molar refractivity (Wildman–Crippen MR) is 52.4 cm³/mol. The van der Waals surface area contributed by atoms with Crippen molar-refractivity contribution >= 4 is 20.1 Å². The smallest absolute Gasteiger partial charge is 0.195 e. The van der Waals surface area contributed by atoms with Gasteiger partial charge in [0.05, 0.1) is 0 Å². The van der Waals surface area contributed by atoms with Gasteiger partial charge in [-0.3, -0.25) is 0 Å². The van der Waals surface area contributed by atoms with Crippen molar-refractivity contribution < 1.29 is 0 Å². The van der Waals surface area contributed by atoms with E-state index >= 15 is 0 Å². The van der Waals surface area contributed by atoms with Crippen LogP contribution in [0.3, 0.4) is 0 Å². The minimum absolute atomic E-state index is 0.524. The van der Waals surface area contributed by atoms with Crippen LogP contribution in [0.5, 0.6) is 0 Å². The molecule has 3 heteroatoms. The molecule has 0 fully saturated rings. The lowest BCUT2D eigenvalue weighted by molar-refractivity contribution is 0.946. The van der Waals surface area contributed by atoms with Crippen molar-refractivity contribution in [1.82, 2.24) is 4.98 Å². The van der Waals surface area contributed by atoms with Gasteiger partial charge in [-0.25, -0.2) is 0 Å². The molecule has 11 heavy (non-hydrogen) atoms. The van der Waals surface area contributed by atoms with Gasteiger partial charge in [0, 0.05) is 6.54 Å². The summed E-state index contributed by atoms with van der Waals surface area (Å²) in [5.41, 5.74) is 2.68. The van der Waals surface area contributed by atoms with Crippen LogP contribution in [0, 0.1) is 6.92 Å². The zero-order valence-corrected chi connectivity index (χ0v) is 8.77. The third kappa shape index (κ3) is 2.65. The first kappa shape index (κ1) is 8.78. The molecular formula is C8H12ClNSi. The highest BCUT2D eigenvalue weighted by Crippen LogP contribution is 2.05. The fraction of sp³-hybridized carbons (Fsp3) is 0.250. The number of aryl methyl sites for hydroxylation is 1. The van der Waals surface area contributed by atoms with Gasteiger partial charge in [-0.05, 0) is 18.1 Å². The van der Waals surface area contributed by atoms with Crippen LogP contribution in [0.15, 0.2) is 24.3 Å². The van der Waals surface area contributed by atoms with Gasteiger partial charge in [-0.1, -0.05) is 24.3 Å². The molecule has 0 unspecified atom stereocenters. The van der Waals surface area contributed by atoms with Crippen LogP contribution in [0.25, 0.3) is 0 Å². The first-order chi connectivity index (χ1) is 5.34. The Morgan fingerprint density at radius 3 is 2.82 bits per heavy atom. The van der Waals surface area contributed by atoms with Gasteiger partial charge < -0.3 is 4.98 Å². The summed E-state index contributed by atoms with van der Waals surface area (Å²) < 4.78 is 0. The number of nitrogens with one attached hydrogen (secondary N) is 1. The van der Waals surface area contributed by atoms with Gasteiger partial charge in [0.1, 0.15) is 0 Å². The Bertz CT molecular complexity index is 227. The summed E-state index contributed by atoms with van der Waals surface area (Å²) >= 11 is 5.63. The summed E-state index contributed by atoms with van der Waals surface area (Å²) in [4.78, 5) is 3.21. The molecule has 1 aromatic rings. The molecule has 0 saturated heterocycles. The fourth-order valence-electron chi connectivity index (χ4n) is 0.990. The predicted octanol–water partition coefficient (Wildman–Crippen LogP) is 1.32. The number of halogens is 1.